The van der Waals surface area contributed by atoms with Gasteiger partial charge in [0, 0.05) is 16.6 Å². The third-order valence-electron chi connectivity index (χ3n) is 2.19. The lowest BCUT2D eigenvalue weighted by atomic mass is 10.2. The van der Waals surface area contributed by atoms with Crippen LogP contribution in [0.4, 0.5) is 4.39 Å². The van der Waals surface area contributed by atoms with Crippen molar-refractivity contribution in [2.45, 2.75) is 6.92 Å². The summed E-state index contributed by atoms with van der Waals surface area (Å²) in [6.07, 6.45) is 0. The van der Waals surface area contributed by atoms with Crippen LogP contribution < -0.4 is 4.74 Å². The van der Waals surface area contributed by atoms with Crippen molar-refractivity contribution in [1.82, 2.24) is 4.98 Å². The number of fused-ring (bicyclic) bond motifs is 1. The number of aryl methyl sites for hydroxylation is 1. The van der Waals surface area contributed by atoms with Crippen LogP contribution in [0.2, 0.25) is 0 Å². The van der Waals surface area contributed by atoms with Crippen molar-refractivity contribution in [1.29, 1.82) is 0 Å². The lowest BCUT2D eigenvalue weighted by Gasteiger charge is -2.05. The van der Waals surface area contributed by atoms with E-state index in [1.807, 2.05) is 6.92 Å². The number of aliphatic hydroxyl groups is 1. The number of hydrogen-bond acceptors (Lipinski definition) is 2. The largest absolute Gasteiger partial charge is 0.488 e. The Bertz CT molecular complexity index is 479. The summed E-state index contributed by atoms with van der Waals surface area (Å²) >= 11 is 0. The number of ether oxygens (including phenoxy) is 1. The van der Waals surface area contributed by atoms with Crippen molar-refractivity contribution in [3.05, 3.63) is 29.7 Å². The summed E-state index contributed by atoms with van der Waals surface area (Å²) in [6.45, 7) is 1.85. The fourth-order valence-electron chi connectivity index (χ4n) is 1.56. The molecule has 0 atom stereocenters. The van der Waals surface area contributed by atoms with E-state index in [-0.39, 0.29) is 24.8 Å². The molecule has 1 aromatic carbocycles. The molecule has 0 radical (unpaired) electrons. The smallest absolute Gasteiger partial charge is 0.174 e. The van der Waals surface area contributed by atoms with Crippen molar-refractivity contribution in [2.75, 3.05) is 13.2 Å². The summed E-state index contributed by atoms with van der Waals surface area (Å²) in [4.78, 5) is 3.04. The number of rotatable bonds is 3. The summed E-state index contributed by atoms with van der Waals surface area (Å²) < 4.78 is 18.8. The molecular weight excluding hydrogens is 197 g/mol. The van der Waals surface area contributed by atoms with Gasteiger partial charge in [0.05, 0.1) is 6.61 Å². The van der Waals surface area contributed by atoms with E-state index in [0.717, 1.165) is 11.2 Å². The van der Waals surface area contributed by atoms with Gasteiger partial charge >= 0.3 is 0 Å². The van der Waals surface area contributed by atoms with Crippen LogP contribution in [0.5, 0.6) is 5.75 Å². The summed E-state index contributed by atoms with van der Waals surface area (Å²) in [6, 6.07) is 5.05. The highest BCUT2D eigenvalue weighted by atomic mass is 19.1. The van der Waals surface area contributed by atoms with Crippen molar-refractivity contribution < 1.29 is 14.2 Å². The molecule has 2 aromatic rings. The highest BCUT2D eigenvalue weighted by Crippen LogP contribution is 2.26. The Hall–Kier alpha value is -1.55. The molecule has 1 aromatic heterocycles. The number of aliphatic hydroxyl groups excluding tert-OH is 1. The summed E-state index contributed by atoms with van der Waals surface area (Å²) in [7, 11) is 0. The lowest BCUT2D eigenvalue weighted by Crippen LogP contribution is -2.03. The van der Waals surface area contributed by atoms with Gasteiger partial charge in [-0.2, -0.15) is 0 Å². The number of benzene rings is 1. The minimum atomic E-state index is -0.384. The number of nitrogens with one attached hydrogen (secondary N) is 1. The van der Waals surface area contributed by atoms with Gasteiger partial charge < -0.3 is 14.8 Å². The van der Waals surface area contributed by atoms with Crippen LogP contribution in [-0.2, 0) is 0 Å². The zero-order chi connectivity index (χ0) is 10.8. The first-order chi connectivity index (χ1) is 7.22. The maximum absolute atomic E-state index is 13.8. The van der Waals surface area contributed by atoms with Gasteiger partial charge in [0.15, 0.2) is 11.6 Å². The van der Waals surface area contributed by atoms with E-state index < -0.39 is 0 Å². The molecule has 4 heteroatoms. The summed E-state index contributed by atoms with van der Waals surface area (Å²) in [5.41, 5.74) is 1.66. The lowest BCUT2D eigenvalue weighted by molar-refractivity contribution is 0.197. The molecule has 15 heavy (non-hydrogen) atoms. The average molecular weight is 209 g/mol. The van der Waals surface area contributed by atoms with Gasteiger partial charge in [0.25, 0.3) is 0 Å². The number of H-pyrrole nitrogens is 1. The van der Waals surface area contributed by atoms with Crippen LogP contribution in [0.1, 0.15) is 5.69 Å². The maximum atomic E-state index is 13.8. The molecule has 2 rings (SSSR count). The van der Waals surface area contributed by atoms with Crippen LogP contribution >= 0.6 is 0 Å². The van der Waals surface area contributed by atoms with E-state index in [1.165, 1.54) is 0 Å². The Morgan fingerprint density at radius 1 is 1.47 bits per heavy atom. The van der Waals surface area contributed by atoms with Gasteiger partial charge in [-0.05, 0) is 25.1 Å². The Kier molecular flexibility index (Phi) is 2.60. The van der Waals surface area contributed by atoms with E-state index in [2.05, 4.69) is 4.98 Å². The van der Waals surface area contributed by atoms with E-state index in [1.54, 1.807) is 18.2 Å². The normalized spacial score (nSPS) is 10.9. The molecule has 0 aliphatic rings. The highest BCUT2D eigenvalue weighted by molar-refractivity contribution is 5.82. The molecule has 1 heterocycles. The van der Waals surface area contributed by atoms with Gasteiger partial charge in [-0.15, -0.1) is 0 Å². The maximum Gasteiger partial charge on any atom is 0.174 e. The fraction of sp³-hybridized carbons (Fsp3) is 0.273. The number of aromatic amines is 1. The van der Waals surface area contributed by atoms with Crippen LogP contribution in [0.25, 0.3) is 10.9 Å². The molecule has 0 saturated carbocycles. The Morgan fingerprint density at radius 2 is 2.27 bits per heavy atom. The topological polar surface area (TPSA) is 45.2 Å². The Balaban J connectivity index is 2.45. The van der Waals surface area contributed by atoms with E-state index in [9.17, 15) is 4.39 Å². The summed E-state index contributed by atoms with van der Waals surface area (Å²) in [5.74, 6) is -0.208. The minimum absolute atomic E-state index is 0.103. The molecule has 0 spiro atoms. The second-order valence-corrected chi connectivity index (χ2v) is 3.36. The summed E-state index contributed by atoms with van der Waals surface area (Å²) in [5, 5.41) is 9.10. The zero-order valence-electron chi connectivity index (χ0n) is 8.38. The average Bonchev–Trinajstić information content (AvgIpc) is 2.59. The molecule has 0 bridgehead atoms. The fourth-order valence-corrected chi connectivity index (χ4v) is 1.56. The van der Waals surface area contributed by atoms with Gasteiger partial charge in [-0.3, -0.25) is 0 Å². The quantitative estimate of drug-likeness (QED) is 0.811. The zero-order valence-corrected chi connectivity index (χ0v) is 8.38. The predicted molar refractivity (Wildman–Crippen MR) is 55.6 cm³/mol. The highest BCUT2D eigenvalue weighted by Gasteiger charge is 2.09. The third kappa shape index (κ3) is 1.80. The third-order valence-corrected chi connectivity index (χ3v) is 2.19. The van der Waals surface area contributed by atoms with Gasteiger partial charge in [0.2, 0.25) is 0 Å². The van der Waals surface area contributed by atoms with Crippen molar-refractivity contribution in [3.8, 4) is 5.75 Å². The number of hydrogen-bond donors (Lipinski definition) is 2. The van der Waals surface area contributed by atoms with Crippen LogP contribution in [0.3, 0.4) is 0 Å². The van der Waals surface area contributed by atoms with E-state index in [4.69, 9.17) is 9.84 Å². The molecule has 0 aliphatic heterocycles. The van der Waals surface area contributed by atoms with Crippen LogP contribution in [-0.4, -0.2) is 23.3 Å². The monoisotopic (exact) mass is 209 g/mol. The molecule has 0 amide bonds. The van der Waals surface area contributed by atoms with Crippen LogP contribution in [0.15, 0.2) is 18.2 Å². The molecule has 2 N–H and O–H groups in total. The minimum Gasteiger partial charge on any atom is -0.488 e. The van der Waals surface area contributed by atoms with Gasteiger partial charge in [-0.1, -0.05) is 0 Å². The standard InChI is InChI=1S/C11H12FNO2/c1-7-6-8-9(13-7)2-3-10(11(8)12)15-5-4-14/h2-3,6,13-14H,4-5H2,1H3. The molecule has 0 fully saturated rings. The molecular formula is C11H12FNO2. The molecule has 3 nitrogen and oxygen atoms in total. The van der Waals surface area contributed by atoms with Crippen molar-refractivity contribution in [2.24, 2.45) is 0 Å². The number of aromatic nitrogens is 1. The predicted octanol–water partition coefficient (Wildman–Crippen LogP) is 1.99. The SMILES string of the molecule is Cc1cc2c(F)c(OCCO)ccc2[nH]1. The van der Waals surface area contributed by atoms with Crippen LogP contribution in [0, 0.1) is 12.7 Å². The van der Waals surface area contributed by atoms with E-state index >= 15 is 0 Å². The van der Waals surface area contributed by atoms with Crippen molar-refractivity contribution in [3.63, 3.8) is 0 Å². The van der Waals surface area contributed by atoms with Gasteiger partial charge in [0.1, 0.15) is 6.61 Å². The molecule has 0 unspecified atom stereocenters. The molecule has 0 saturated heterocycles. The molecule has 80 valence electrons. The first-order valence-electron chi connectivity index (χ1n) is 4.74. The Morgan fingerprint density at radius 3 is 3.00 bits per heavy atom. The molecule has 0 aliphatic carbocycles. The Labute approximate surface area is 86.5 Å². The second kappa shape index (κ2) is 3.90. The second-order valence-electron chi connectivity index (χ2n) is 3.36. The number of halogens is 1. The van der Waals surface area contributed by atoms with Crippen molar-refractivity contribution >= 4 is 10.9 Å². The van der Waals surface area contributed by atoms with Gasteiger partial charge in [-0.25, -0.2) is 4.39 Å². The van der Waals surface area contributed by atoms with E-state index in [0.29, 0.717) is 5.39 Å². The first kappa shape index (κ1) is 9.98. The first-order valence-corrected chi connectivity index (χ1v) is 4.74.